The summed E-state index contributed by atoms with van der Waals surface area (Å²) in [7, 11) is 2.46. The predicted molar refractivity (Wildman–Crippen MR) is 137 cm³/mol. The lowest BCUT2D eigenvalue weighted by molar-refractivity contribution is -0.113. The molecule has 35 heavy (non-hydrogen) atoms. The van der Waals surface area contributed by atoms with E-state index in [1.807, 2.05) is 0 Å². The van der Waals surface area contributed by atoms with Crippen molar-refractivity contribution in [1.29, 1.82) is 0 Å². The van der Waals surface area contributed by atoms with Crippen LogP contribution < -0.4 is 10.9 Å². The van der Waals surface area contributed by atoms with E-state index in [9.17, 15) is 19.2 Å². The van der Waals surface area contributed by atoms with Crippen LogP contribution >= 0.6 is 34.4 Å². The Hall–Kier alpha value is -2.96. The summed E-state index contributed by atoms with van der Waals surface area (Å²) in [6, 6.07) is 0. The maximum atomic E-state index is 13.3. The summed E-state index contributed by atoms with van der Waals surface area (Å²) in [5.41, 5.74) is 1.45. The molecule has 0 bridgehead atoms. The number of nitrogens with zero attached hydrogens (tertiary/aromatic N) is 2. The van der Waals surface area contributed by atoms with Gasteiger partial charge in [-0.05, 0) is 37.3 Å². The van der Waals surface area contributed by atoms with Gasteiger partial charge in [0.25, 0.3) is 5.56 Å². The number of ether oxygens (including phenoxy) is 2. The van der Waals surface area contributed by atoms with E-state index in [1.54, 1.807) is 13.0 Å². The fraction of sp³-hybridized carbons (Fsp3) is 0.348. The number of hydrogen-bond acceptors (Lipinski definition) is 10. The molecule has 0 saturated heterocycles. The van der Waals surface area contributed by atoms with Crippen LogP contribution in [0, 0.1) is 6.92 Å². The monoisotopic (exact) mass is 533 g/mol. The number of fused-ring (bicyclic) bond motifs is 3. The normalized spacial score (nSPS) is 12.4. The molecule has 0 atom stereocenters. The summed E-state index contributed by atoms with van der Waals surface area (Å²) in [5, 5.41) is 3.98. The number of methoxy groups -OCH3 is 2. The van der Waals surface area contributed by atoms with Crippen molar-refractivity contribution in [2.45, 2.75) is 37.9 Å². The maximum absolute atomic E-state index is 13.3. The molecule has 9 nitrogen and oxygen atoms in total. The molecule has 0 aliphatic heterocycles. The largest absolute Gasteiger partial charge is 0.465 e. The van der Waals surface area contributed by atoms with Crippen LogP contribution in [0.25, 0.3) is 10.2 Å². The molecule has 3 heterocycles. The van der Waals surface area contributed by atoms with Crippen molar-refractivity contribution in [1.82, 2.24) is 9.55 Å². The van der Waals surface area contributed by atoms with Crippen LogP contribution in [-0.4, -0.2) is 47.4 Å². The SMILES string of the molecule is C=CCn1c(SCC(=O)Nc2sc(C(=O)OC)c(C)c2C(=O)OC)nc2sc3c(c2c1=O)CCC3. The number of aryl methyl sites for hydroxylation is 2. The second-order valence-electron chi connectivity index (χ2n) is 7.72. The van der Waals surface area contributed by atoms with Crippen LogP contribution in [0.5, 0.6) is 0 Å². The summed E-state index contributed by atoms with van der Waals surface area (Å²) in [4.78, 5) is 57.2. The first-order valence-electron chi connectivity index (χ1n) is 10.7. The minimum absolute atomic E-state index is 0.0642. The summed E-state index contributed by atoms with van der Waals surface area (Å²) >= 11 is 3.60. The molecular formula is C23H23N3O6S3. The number of allylic oxidation sites excluding steroid dienone is 1. The van der Waals surface area contributed by atoms with Crippen molar-refractivity contribution in [2.24, 2.45) is 0 Å². The molecule has 3 aromatic heterocycles. The lowest BCUT2D eigenvalue weighted by atomic mass is 10.1. The molecule has 4 rings (SSSR count). The Balaban J connectivity index is 1.60. The van der Waals surface area contributed by atoms with Crippen molar-refractivity contribution in [3.63, 3.8) is 0 Å². The number of amides is 1. The van der Waals surface area contributed by atoms with Crippen LogP contribution in [0.4, 0.5) is 5.00 Å². The van der Waals surface area contributed by atoms with E-state index in [1.165, 1.54) is 35.0 Å². The average Bonchev–Trinajstić information content (AvgIpc) is 3.51. The van der Waals surface area contributed by atoms with Crippen LogP contribution in [0.2, 0.25) is 0 Å². The minimum Gasteiger partial charge on any atom is -0.465 e. The highest BCUT2D eigenvalue weighted by Gasteiger charge is 2.27. The standard InChI is InChI=1S/C23H23N3O6S3/c1-5-9-26-20(28)16-12-7-6-8-13(12)34-19(16)25-23(26)33-10-14(27)24-18-15(21(29)31-3)11(2)17(35-18)22(30)32-4/h5H,1,6-10H2,2-4H3,(H,24,27). The van der Waals surface area contributed by atoms with E-state index in [4.69, 9.17) is 14.5 Å². The Kier molecular flexibility index (Phi) is 7.43. The number of aromatic nitrogens is 2. The van der Waals surface area contributed by atoms with E-state index in [0.717, 1.165) is 47.9 Å². The highest BCUT2D eigenvalue weighted by molar-refractivity contribution is 7.99. The fourth-order valence-corrected chi connectivity index (χ4v) is 7.23. The van der Waals surface area contributed by atoms with E-state index in [0.29, 0.717) is 20.9 Å². The fourth-order valence-electron chi connectivity index (χ4n) is 3.99. The first-order valence-corrected chi connectivity index (χ1v) is 13.3. The molecule has 1 N–H and O–H groups in total. The van der Waals surface area contributed by atoms with Gasteiger partial charge in [-0.3, -0.25) is 14.2 Å². The minimum atomic E-state index is -0.672. The molecule has 1 aliphatic rings. The van der Waals surface area contributed by atoms with Gasteiger partial charge in [0.15, 0.2) is 5.16 Å². The molecule has 0 radical (unpaired) electrons. The average molecular weight is 534 g/mol. The first kappa shape index (κ1) is 25.1. The number of rotatable bonds is 8. The van der Waals surface area contributed by atoms with E-state index >= 15 is 0 Å². The Morgan fingerprint density at radius 1 is 1.20 bits per heavy atom. The number of thiophene rings is 2. The Morgan fingerprint density at radius 3 is 2.63 bits per heavy atom. The van der Waals surface area contributed by atoms with Gasteiger partial charge in [0.05, 0.1) is 30.9 Å². The molecule has 1 amide bonds. The quantitative estimate of drug-likeness (QED) is 0.201. The Bertz CT molecular complexity index is 1420. The third kappa shape index (κ3) is 4.65. The highest BCUT2D eigenvalue weighted by Crippen LogP contribution is 2.36. The van der Waals surface area contributed by atoms with Gasteiger partial charge < -0.3 is 14.8 Å². The van der Waals surface area contributed by atoms with Gasteiger partial charge in [-0.15, -0.1) is 29.3 Å². The molecule has 0 fully saturated rings. The second-order valence-corrected chi connectivity index (χ2v) is 10.8. The number of esters is 2. The molecule has 0 aromatic carbocycles. The molecular weight excluding hydrogens is 510 g/mol. The molecule has 12 heteroatoms. The third-order valence-electron chi connectivity index (χ3n) is 5.59. The first-order chi connectivity index (χ1) is 16.8. The summed E-state index contributed by atoms with van der Waals surface area (Å²) in [6.07, 6.45) is 4.50. The van der Waals surface area contributed by atoms with E-state index in [-0.39, 0.29) is 33.3 Å². The summed E-state index contributed by atoms with van der Waals surface area (Å²) in [5.74, 6) is -1.77. The van der Waals surface area contributed by atoms with Crippen molar-refractivity contribution < 1.29 is 23.9 Å². The van der Waals surface area contributed by atoms with Gasteiger partial charge in [0.2, 0.25) is 5.91 Å². The zero-order valence-electron chi connectivity index (χ0n) is 19.4. The van der Waals surface area contributed by atoms with Crippen molar-refractivity contribution >= 4 is 67.5 Å². The summed E-state index contributed by atoms with van der Waals surface area (Å²) in [6.45, 7) is 5.60. The molecule has 0 saturated carbocycles. The van der Waals surface area contributed by atoms with Crippen molar-refractivity contribution in [3.8, 4) is 0 Å². The molecule has 184 valence electrons. The number of anilines is 1. The number of thioether (sulfide) groups is 1. The maximum Gasteiger partial charge on any atom is 0.348 e. The number of carbonyl (C=O) groups excluding carboxylic acids is 3. The van der Waals surface area contributed by atoms with Crippen LogP contribution in [0.3, 0.4) is 0 Å². The van der Waals surface area contributed by atoms with Gasteiger partial charge in [0.1, 0.15) is 14.7 Å². The van der Waals surface area contributed by atoms with Crippen molar-refractivity contribution in [3.05, 3.63) is 49.5 Å². The van der Waals surface area contributed by atoms with Gasteiger partial charge >= 0.3 is 11.9 Å². The molecule has 1 aliphatic carbocycles. The van der Waals surface area contributed by atoms with Crippen molar-refractivity contribution in [2.75, 3.05) is 25.3 Å². The van der Waals surface area contributed by atoms with E-state index < -0.39 is 17.8 Å². The number of carbonyl (C=O) groups is 3. The van der Waals surface area contributed by atoms with Gasteiger partial charge in [0, 0.05) is 11.4 Å². The van der Waals surface area contributed by atoms with Gasteiger partial charge in [-0.1, -0.05) is 17.8 Å². The van der Waals surface area contributed by atoms with Crippen LogP contribution in [0.1, 0.15) is 42.5 Å². The van der Waals surface area contributed by atoms with Gasteiger partial charge in [-0.25, -0.2) is 14.6 Å². The zero-order valence-corrected chi connectivity index (χ0v) is 21.8. The van der Waals surface area contributed by atoms with Crippen LogP contribution in [-0.2, 0) is 33.7 Å². The predicted octanol–water partition coefficient (Wildman–Crippen LogP) is 3.81. The number of hydrogen-bond donors (Lipinski definition) is 1. The molecule has 0 unspecified atom stereocenters. The Labute approximate surface area is 213 Å². The second kappa shape index (κ2) is 10.3. The highest BCUT2D eigenvalue weighted by atomic mass is 32.2. The van der Waals surface area contributed by atoms with E-state index in [2.05, 4.69) is 11.9 Å². The molecule has 3 aromatic rings. The number of nitrogens with one attached hydrogen (secondary N) is 1. The van der Waals surface area contributed by atoms with Gasteiger partial charge in [-0.2, -0.15) is 0 Å². The molecule has 0 spiro atoms. The summed E-state index contributed by atoms with van der Waals surface area (Å²) < 4.78 is 11.1. The van der Waals surface area contributed by atoms with Crippen LogP contribution in [0.15, 0.2) is 22.6 Å². The zero-order chi connectivity index (χ0) is 25.3. The lowest BCUT2D eigenvalue weighted by Gasteiger charge is -2.11. The topological polar surface area (TPSA) is 117 Å². The third-order valence-corrected chi connectivity index (χ3v) is 8.94. The Morgan fingerprint density at radius 2 is 1.94 bits per heavy atom. The smallest absolute Gasteiger partial charge is 0.348 e. The lowest BCUT2D eigenvalue weighted by Crippen LogP contribution is -2.24.